The van der Waals surface area contributed by atoms with Crippen molar-refractivity contribution in [3.8, 4) is 5.75 Å². The van der Waals surface area contributed by atoms with Crippen LogP contribution in [-0.2, 0) is 4.84 Å². The van der Waals surface area contributed by atoms with Gasteiger partial charge in [0.25, 0.3) is 0 Å². The Hall–Kier alpha value is -2.70. The lowest BCUT2D eigenvalue weighted by molar-refractivity contribution is -0.0634. The van der Waals surface area contributed by atoms with Crippen molar-refractivity contribution >= 4 is 29.0 Å². The topological polar surface area (TPSA) is 62.8 Å². The third kappa shape index (κ3) is 3.79. The van der Waals surface area contributed by atoms with Gasteiger partial charge in [-0.3, -0.25) is 10.3 Å². The fraction of sp³-hybridized carbons (Fsp3) is 0.286. The average molecular weight is 400 g/mol. The minimum absolute atomic E-state index is 0.147. The van der Waals surface area contributed by atoms with Crippen LogP contribution < -0.4 is 15.5 Å². The summed E-state index contributed by atoms with van der Waals surface area (Å²) in [5.41, 5.74) is 5.19. The van der Waals surface area contributed by atoms with E-state index in [9.17, 15) is 4.79 Å². The normalized spacial score (nSPS) is 17.8. The molecule has 0 saturated carbocycles. The molecule has 0 unspecified atom stereocenters. The van der Waals surface area contributed by atoms with E-state index in [-0.39, 0.29) is 6.03 Å². The van der Waals surface area contributed by atoms with Crippen LogP contribution in [0.1, 0.15) is 18.4 Å². The zero-order chi connectivity index (χ0) is 19.6. The van der Waals surface area contributed by atoms with Crippen molar-refractivity contribution in [1.82, 2.24) is 10.4 Å². The third-order valence-corrected chi connectivity index (χ3v) is 5.49. The monoisotopic (exact) mass is 399 g/mol. The number of methoxy groups -OCH3 is 1. The van der Waals surface area contributed by atoms with Crippen molar-refractivity contribution in [2.75, 3.05) is 25.5 Å². The average Bonchev–Trinajstić information content (AvgIpc) is 3.14. The Kier molecular flexibility index (Phi) is 5.15. The number of carbonyl (C=O) groups is 1. The smallest absolute Gasteiger partial charge is 0.321 e. The van der Waals surface area contributed by atoms with E-state index >= 15 is 0 Å². The maximum atomic E-state index is 12.5. The number of halogens is 1. The maximum Gasteiger partial charge on any atom is 0.321 e. The first-order valence-electron chi connectivity index (χ1n) is 9.20. The molecular weight excluding hydrogens is 378 g/mol. The Morgan fingerprint density at radius 3 is 2.75 bits per heavy atom. The molecule has 146 valence electrons. The van der Waals surface area contributed by atoms with Crippen molar-refractivity contribution in [1.29, 1.82) is 0 Å². The van der Waals surface area contributed by atoms with Crippen molar-refractivity contribution in [2.24, 2.45) is 0 Å². The summed E-state index contributed by atoms with van der Waals surface area (Å²) in [5.74, 6) is 0.798. The number of anilines is 1. The molecule has 2 aliphatic rings. The van der Waals surface area contributed by atoms with Crippen LogP contribution in [0.3, 0.4) is 0 Å². The van der Waals surface area contributed by atoms with Crippen LogP contribution in [-0.4, -0.2) is 36.7 Å². The highest BCUT2D eigenvalue weighted by atomic mass is 35.5. The van der Waals surface area contributed by atoms with E-state index in [1.165, 1.54) is 0 Å². The number of amides is 2. The van der Waals surface area contributed by atoms with Gasteiger partial charge >= 0.3 is 6.03 Å². The van der Waals surface area contributed by atoms with Gasteiger partial charge in [0.05, 0.1) is 23.5 Å². The van der Waals surface area contributed by atoms with Crippen molar-refractivity contribution in [3.63, 3.8) is 0 Å². The van der Waals surface area contributed by atoms with Gasteiger partial charge in [-0.25, -0.2) is 4.79 Å². The molecule has 0 aromatic heterocycles. The van der Waals surface area contributed by atoms with E-state index in [0.717, 1.165) is 17.0 Å². The second-order valence-corrected chi connectivity index (χ2v) is 7.36. The zero-order valence-electron chi connectivity index (χ0n) is 15.6. The molecule has 2 amide bonds. The first-order valence-corrected chi connectivity index (χ1v) is 9.58. The van der Waals surface area contributed by atoms with Crippen LogP contribution in [0.2, 0.25) is 5.02 Å². The van der Waals surface area contributed by atoms with E-state index in [1.54, 1.807) is 24.1 Å². The lowest BCUT2D eigenvalue weighted by Crippen LogP contribution is -2.48. The minimum Gasteiger partial charge on any atom is -0.497 e. The molecule has 2 heterocycles. The molecule has 1 saturated heterocycles. The minimum atomic E-state index is -0.403. The Balaban J connectivity index is 1.40. The lowest BCUT2D eigenvalue weighted by atomic mass is 9.90. The van der Waals surface area contributed by atoms with Gasteiger partial charge in [0, 0.05) is 31.5 Å². The number of piperidine rings is 1. The van der Waals surface area contributed by atoms with Gasteiger partial charge in [0.2, 0.25) is 0 Å². The summed E-state index contributed by atoms with van der Waals surface area (Å²) >= 11 is 6.12. The standard InChI is InChI=1S/C21H22ClN3O3/c1-27-16-6-4-5-15(13-16)19-14-21(28-24-19)9-11-25(12-10-21)20(26)23-18-8-3-2-7-17(18)22/h2-8,13-14,24H,9-12H2,1H3,(H,23,26). The van der Waals surface area contributed by atoms with Gasteiger partial charge in [0.15, 0.2) is 0 Å². The van der Waals surface area contributed by atoms with Crippen molar-refractivity contribution in [3.05, 3.63) is 65.2 Å². The number of likely N-dealkylation sites (tertiary alicyclic amines) is 1. The highest BCUT2D eigenvalue weighted by Gasteiger charge is 2.40. The summed E-state index contributed by atoms with van der Waals surface area (Å²) in [6.45, 7) is 1.19. The molecule has 0 aliphatic carbocycles. The molecular formula is C21H22ClN3O3. The molecule has 2 aromatic rings. The predicted octanol–water partition coefficient (Wildman–Crippen LogP) is 4.29. The number of benzene rings is 2. The van der Waals surface area contributed by atoms with Crippen molar-refractivity contribution < 1.29 is 14.4 Å². The van der Waals surface area contributed by atoms with Crippen molar-refractivity contribution in [2.45, 2.75) is 18.4 Å². The lowest BCUT2D eigenvalue weighted by Gasteiger charge is -2.36. The summed E-state index contributed by atoms with van der Waals surface area (Å²) in [7, 11) is 1.65. The predicted molar refractivity (Wildman–Crippen MR) is 109 cm³/mol. The number of para-hydroxylation sites is 1. The molecule has 1 fully saturated rings. The Morgan fingerprint density at radius 2 is 2.00 bits per heavy atom. The van der Waals surface area contributed by atoms with E-state index < -0.39 is 5.60 Å². The molecule has 0 bridgehead atoms. The first kappa shape index (κ1) is 18.7. The fourth-order valence-electron chi connectivity index (χ4n) is 3.50. The molecule has 0 atom stereocenters. The maximum absolute atomic E-state index is 12.5. The van der Waals surface area contributed by atoms with Gasteiger partial charge in [0.1, 0.15) is 11.4 Å². The molecule has 6 nitrogen and oxygen atoms in total. The number of hydrogen-bond acceptors (Lipinski definition) is 4. The molecule has 4 rings (SSSR count). The summed E-state index contributed by atoms with van der Waals surface area (Å²) in [4.78, 5) is 20.3. The number of rotatable bonds is 3. The van der Waals surface area contributed by atoms with Gasteiger partial charge in [-0.1, -0.05) is 35.9 Å². The van der Waals surface area contributed by atoms with Crippen LogP contribution in [0.25, 0.3) is 5.70 Å². The second kappa shape index (κ2) is 7.73. The quantitative estimate of drug-likeness (QED) is 0.808. The van der Waals surface area contributed by atoms with Crippen LogP contribution in [0.5, 0.6) is 5.75 Å². The number of ether oxygens (including phenoxy) is 1. The first-order chi connectivity index (χ1) is 13.6. The largest absolute Gasteiger partial charge is 0.497 e. The number of hydroxylamine groups is 1. The van der Waals surface area contributed by atoms with E-state index in [0.29, 0.717) is 36.6 Å². The number of carbonyl (C=O) groups excluding carboxylic acids is 1. The number of urea groups is 1. The van der Waals surface area contributed by atoms with Crippen LogP contribution in [0.15, 0.2) is 54.6 Å². The van der Waals surface area contributed by atoms with E-state index in [4.69, 9.17) is 21.2 Å². The van der Waals surface area contributed by atoms with Crippen LogP contribution >= 0.6 is 11.6 Å². The molecule has 2 aromatic carbocycles. The Bertz CT molecular complexity index is 907. The number of nitrogens with one attached hydrogen (secondary N) is 2. The van der Waals surface area contributed by atoms with Gasteiger partial charge in [-0.2, -0.15) is 0 Å². The molecule has 2 aliphatic heterocycles. The van der Waals surface area contributed by atoms with E-state index in [1.807, 2.05) is 36.4 Å². The molecule has 1 spiro atoms. The highest BCUT2D eigenvalue weighted by molar-refractivity contribution is 6.33. The van der Waals surface area contributed by atoms with Crippen LogP contribution in [0, 0.1) is 0 Å². The van der Waals surface area contributed by atoms with Gasteiger partial charge < -0.3 is 15.0 Å². The summed E-state index contributed by atoms with van der Waals surface area (Å²) in [5, 5.41) is 3.40. The van der Waals surface area contributed by atoms with E-state index in [2.05, 4.69) is 16.9 Å². The third-order valence-electron chi connectivity index (χ3n) is 5.16. The van der Waals surface area contributed by atoms with Gasteiger partial charge in [-0.05, 0) is 30.3 Å². The SMILES string of the molecule is COc1cccc(C2=CC3(CCN(C(=O)Nc4ccccc4Cl)CC3)ON2)c1. The Labute approximate surface area is 169 Å². The summed E-state index contributed by atoms with van der Waals surface area (Å²) in [6, 6.07) is 14.9. The molecule has 0 radical (unpaired) electrons. The highest BCUT2D eigenvalue weighted by Crippen LogP contribution is 2.35. The molecule has 28 heavy (non-hydrogen) atoms. The fourth-order valence-corrected chi connectivity index (χ4v) is 3.69. The van der Waals surface area contributed by atoms with Gasteiger partial charge in [-0.15, -0.1) is 0 Å². The number of nitrogens with zero attached hydrogens (tertiary/aromatic N) is 1. The zero-order valence-corrected chi connectivity index (χ0v) is 16.3. The molecule has 2 N–H and O–H groups in total. The second-order valence-electron chi connectivity index (χ2n) is 6.96. The molecule has 7 heteroatoms. The summed E-state index contributed by atoms with van der Waals surface area (Å²) < 4.78 is 5.29. The number of hydrogen-bond donors (Lipinski definition) is 2. The van der Waals surface area contributed by atoms with Crippen LogP contribution in [0.4, 0.5) is 10.5 Å². The summed E-state index contributed by atoms with van der Waals surface area (Å²) in [6.07, 6.45) is 3.54. The Morgan fingerprint density at radius 1 is 1.21 bits per heavy atom.